The molecule has 2 rings (SSSR count). The quantitative estimate of drug-likeness (QED) is 0.173. The van der Waals surface area contributed by atoms with Gasteiger partial charge in [0.1, 0.15) is 31.7 Å². The van der Waals surface area contributed by atoms with Crippen LogP contribution >= 0.6 is 0 Å². The van der Waals surface area contributed by atoms with E-state index in [1.165, 1.54) is 74.9 Å². The van der Waals surface area contributed by atoms with E-state index >= 15 is 0 Å². The van der Waals surface area contributed by atoms with Crippen LogP contribution in [0.2, 0.25) is 0 Å². The van der Waals surface area contributed by atoms with Crippen LogP contribution < -0.4 is 63.9 Å². The van der Waals surface area contributed by atoms with Gasteiger partial charge < -0.3 is 13.8 Å². The van der Waals surface area contributed by atoms with Crippen molar-refractivity contribution in [3.05, 3.63) is 48.0 Å². The summed E-state index contributed by atoms with van der Waals surface area (Å²) in [5.74, 6) is -0.156. The second-order valence-electron chi connectivity index (χ2n) is 8.12. The average Bonchev–Trinajstić information content (AvgIpc) is 2.74. The third-order valence-electron chi connectivity index (χ3n) is 5.48. The van der Waals surface area contributed by atoms with Crippen LogP contribution in [0.25, 0.3) is 0 Å². The molecule has 0 radical (unpaired) electrons. The maximum Gasteiger partial charge on any atom is 1.00 e. The SMILES string of the molecule is CCCCCCCCCCCCc1c(Oc2ccccc2S(=O)(=O)[O-])cccc1S(=O)(=O)[O-].[Na+].[Na+]. The Bertz CT molecular complexity index is 1100. The normalized spacial score (nSPS) is 11.4. The monoisotopic (exact) mass is 542 g/mol. The molecule has 0 aliphatic carbocycles. The molecule has 0 unspecified atom stereocenters. The molecule has 184 valence electrons. The van der Waals surface area contributed by atoms with E-state index in [1.807, 2.05) is 0 Å². The predicted molar refractivity (Wildman–Crippen MR) is 124 cm³/mol. The third kappa shape index (κ3) is 12.4. The topological polar surface area (TPSA) is 124 Å². The van der Waals surface area contributed by atoms with Crippen LogP contribution in [0, 0.1) is 0 Å². The summed E-state index contributed by atoms with van der Waals surface area (Å²) in [7, 11) is -9.56. The van der Waals surface area contributed by atoms with Crippen molar-refractivity contribution in [3.8, 4) is 11.5 Å². The van der Waals surface area contributed by atoms with E-state index in [0.717, 1.165) is 25.3 Å². The third-order valence-corrected chi connectivity index (χ3v) is 7.28. The molecule has 7 nitrogen and oxygen atoms in total. The summed E-state index contributed by atoms with van der Waals surface area (Å²) < 4.78 is 75.7. The fourth-order valence-electron chi connectivity index (χ4n) is 3.77. The molecule has 0 bridgehead atoms. The van der Waals surface area contributed by atoms with E-state index in [9.17, 15) is 25.9 Å². The van der Waals surface area contributed by atoms with E-state index in [0.29, 0.717) is 6.42 Å². The van der Waals surface area contributed by atoms with Crippen molar-refractivity contribution in [1.29, 1.82) is 0 Å². The Hall–Kier alpha value is 0.0600. The minimum Gasteiger partial charge on any atom is -0.744 e. The molecule has 35 heavy (non-hydrogen) atoms. The number of benzene rings is 2. The van der Waals surface area contributed by atoms with Gasteiger partial charge in [0.25, 0.3) is 0 Å². The van der Waals surface area contributed by atoms with Crippen LogP contribution in [-0.2, 0) is 26.7 Å². The first-order valence-corrected chi connectivity index (χ1v) is 14.3. The van der Waals surface area contributed by atoms with E-state index in [-0.39, 0.29) is 82.6 Å². The van der Waals surface area contributed by atoms with Crippen molar-refractivity contribution < 1.29 is 89.8 Å². The largest absolute Gasteiger partial charge is 1.00 e. The van der Waals surface area contributed by atoms with Gasteiger partial charge >= 0.3 is 59.1 Å². The molecule has 0 fully saturated rings. The Labute approximate surface area is 254 Å². The van der Waals surface area contributed by atoms with Crippen LogP contribution in [0.5, 0.6) is 11.5 Å². The summed E-state index contributed by atoms with van der Waals surface area (Å²) in [6, 6.07) is 9.37. The Kier molecular flexibility index (Phi) is 17.6. The van der Waals surface area contributed by atoms with Crippen LogP contribution in [0.4, 0.5) is 0 Å². The van der Waals surface area contributed by atoms with Gasteiger partial charge in [0.15, 0.2) is 0 Å². The Morgan fingerprint density at radius 3 is 1.63 bits per heavy atom. The van der Waals surface area contributed by atoms with Gasteiger partial charge in [0.2, 0.25) is 0 Å². The molecule has 0 aromatic heterocycles. The number of ether oxygens (including phenoxy) is 1. The molecular formula is C24H32Na2O7S2. The smallest absolute Gasteiger partial charge is 0.744 e. The van der Waals surface area contributed by atoms with Crippen LogP contribution in [-0.4, -0.2) is 25.9 Å². The first kappa shape index (κ1) is 35.1. The minimum atomic E-state index is -4.80. The van der Waals surface area contributed by atoms with Gasteiger partial charge in [-0.25, -0.2) is 16.8 Å². The number of rotatable bonds is 15. The standard InChI is InChI=1S/C24H34O7S2.2Na/c1-2-3-4-5-6-7-8-9-10-11-15-20-21(17-14-19-23(20)32(25,26)27)31-22-16-12-13-18-24(22)33(28,29)30;;/h12-14,16-19H,2-11,15H2,1H3,(H,25,26,27)(H,28,29,30);;/q;2*+1/p-2. The van der Waals surface area contributed by atoms with E-state index in [1.54, 1.807) is 0 Å². The zero-order valence-corrected chi connectivity index (χ0v) is 26.6. The van der Waals surface area contributed by atoms with Gasteiger partial charge in [-0.2, -0.15) is 0 Å². The van der Waals surface area contributed by atoms with Crippen molar-refractivity contribution in [3.63, 3.8) is 0 Å². The molecule has 11 heteroatoms. The van der Waals surface area contributed by atoms with Crippen LogP contribution in [0.15, 0.2) is 52.3 Å². The second kappa shape index (κ2) is 17.5. The van der Waals surface area contributed by atoms with Gasteiger partial charge in [-0.1, -0.05) is 82.9 Å². The fraction of sp³-hybridized carbons (Fsp3) is 0.500. The zero-order chi connectivity index (χ0) is 24.3. The maximum absolute atomic E-state index is 11.8. The molecule has 0 atom stereocenters. The summed E-state index contributed by atoms with van der Waals surface area (Å²) in [6.07, 6.45) is 11.3. The van der Waals surface area contributed by atoms with Gasteiger partial charge in [0.05, 0.1) is 9.79 Å². The molecule has 0 spiro atoms. The van der Waals surface area contributed by atoms with Gasteiger partial charge in [-0.15, -0.1) is 0 Å². The molecule has 0 saturated carbocycles. The molecule has 0 heterocycles. The summed E-state index contributed by atoms with van der Waals surface area (Å²) in [5.41, 5.74) is 0.199. The molecule has 0 aliphatic heterocycles. The summed E-state index contributed by atoms with van der Waals surface area (Å²) in [5, 5.41) is 0. The first-order chi connectivity index (χ1) is 15.6. The van der Waals surface area contributed by atoms with Crippen molar-refractivity contribution in [2.45, 2.75) is 87.3 Å². The van der Waals surface area contributed by atoms with Gasteiger partial charge in [-0.3, -0.25) is 0 Å². The Morgan fingerprint density at radius 1 is 0.629 bits per heavy atom. The maximum atomic E-state index is 11.8. The number of hydrogen-bond donors (Lipinski definition) is 0. The predicted octanol–water partition coefficient (Wildman–Crippen LogP) is -0.241. The Morgan fingerprint density at radius 2 is 1.09 bits per heavy atom. The molecule has 2 aromatic carbocycles. The first-order valence-electron chi connectivity index (χ1n) is 11.4. The molecule has 0 N–H and O–H groups in total. The second-order valence-corrected chi connectivity index (χ2v) is 10.8. The molecular weight excluding hydrogens is 510 g/mol. The Balaban J connectivity index is 0.00000578. The zero-order valence-electron chi connectivity index (χ0n) is 21.0. The van der Waals surface area contributed by atoms with Crippen LogP contribution in [0.3, 0.4) is 0 Å². The summed E-state index contributed by atoms with van der Waals surface area (Å²) >= 11 is 0. The molecule has 0 amide bonds. The molecule has 2 aromatic rings. The fourth-order valence-corrected chi connectivity index (χ4v) is 5.12. The van der Waals surface area contributed by atoms with Crippen molar-refractivity contribution in [2.24, 2.45) is 0 Å². The summed E-state index contributed by atoms with van der Waals surface area (Å²) in [6.45, 7) is 2.19. The number of unbranched alkanes of at least 4 members (excludes halogenated alkanes) is 9. The van der Waals surface area contributed by atoms with E-state index in [2.05, 4.69) is 6.92 Å². The minimum absolute atomic E-state index is 0. The van der Waals surface area contributed by atoms with Crippen molar-refractivity contribution >= 4 is 20.2 Å². The van der Waals surface area contributed by atoms with Gasteiger partial charge in [-0.05, 0) is 37.1 Å². The van der Waals surface area contributed by atoms with E-state index in [4.69, 9.17) is 4.74 Å². The number of hydrogen-bond acceptors (Lipinski definition) is 7. The van der Waals surface area contributed by atoms with Gasteiger partial charge in [0, 0.05) is 5.56 Å². The molecule has 0 aliphatic rings. The van der Waals surface area contributed by atoms with E-state index < -0.39 is 30.0 Å². The average molecular weight is 543 g/mol. The van der Waals surface area contributed by atoms with Crippen LogP contribution in [0.1, 0.15) is 76.7 Å². The van der Waals surface area contributed by atoms with Crippen molar-refractivity contribution in [1.82, 2.24) is 0 Å². The summed E-state index contributed by atoms with van der Waals surface area (Å²) in [4.78, 5) is -0.941. The number of para-hydroxylation sites is 1. The van der Waals surface area contributed by atoms with Crippen molar-refractivity contribution in [2.75, 3.05) is 0 Å². The molecule has 0 saturated heterocycles.